The average Bonchev–Trinajstić information content (AvgIpc) is 2.18. The van der Waals surface area contributed by atoms with Crippen LogP contribution < -0.4 is 0 Å². The third kappa shape index (κ3) is 3.79. The van der Waals surface area contributed by atoms with Crippen molar-refractivity contribution in [3.05, 3.63) is 33.4 Å². The number of benzene rings is 1. The maximum Gasteiger partial charge on any atom is 0.308 e. The van der Waals surface area contributed by atoms with E-state index in [-0.39, 0.29) is 12.4 Å². The van der Waals surface area contributed by atoms with E-state index in [4.69, 9.17) is 4.74 Å². The van der Waals surface area contributed by atoms with Crippen LogP contribution in [0, 0.1) is 3.57 Å². The van der Waals surface area contributed by atoms with Gasteiger partial charge in [-0.15, -0.1) is 0 Å². The van der Waals surface area contributed by atoms with Crippen LogP contribution in [0.2, 0.25) is 0 Å². The summed E-state index contributed by atoms with van der Waals surface area (Å²) < 4.78 is 5.72. The topological polar surface area (TPSA) is 46.5 Å². The highest BCUT2D eigenvalue weighted by Gasteiger charge is 2.15. The van der Waals surface area contributed by atoms with E-state index < -0.39 is 6.10 Å². The summed E-state index contributed by atoms with van der Waals surface area (Å²) in [6, 6.07) is 7.43. The molecule has 0 saturated carbocycles. The second-order valence-electron chi connectivity index (χ2n) is 3.05. The molecule has 82 valence electrons. The Labute approximate surface area is 103 Å². The van der Waals surface area contributed by atoms with Crippen molar-refractivity contribution in [3.63, 3.8) is 0 Å². The van der Waals surface area contributed by atoms with Crippen LogP contribution in [0.15, 0.2) is 24.3 Å². The summed E-state index contributed by atoms with van der Waals surface area (Å²) in [5.74, 6) is -0.371. The molecule has 4 heteroatoms. The highest BCUT2D eigenvalue weighted by Crippen LogP contribution is 2.22. The van der Waals surface area contributed by atoms with Gasteiger partial charge in [0.25, 0.3) is 0 Å². The molecule has 1 aromatic carbocycles. The lowest BCUT2D eigenvalue weighted by atomic mass is 10.1. The lowest BCUT2D eigenvalue weighted by Gasteiger charge is -2.11. The Morgan fingerprint density at radius 3 is 2.80 bits per heavy atom. The molecule has 0 unspecified atom stereocenters. The Hall–Kier alpha value is -0.620. The number of halogens is 1. The van der Waals surface area contributed by atoms with Crippen molar-refractivity contribution < 1.29 is 14.6 Å². The molecule has 1 atom stereocenters. The predicted octanol–water partition coefficient (Wildman–Crippen LogP) is 2.28. The Morgan fingerprint density at radius 1 is 1.53 bits per heavy atom. The third-order valence-electron chi connectivity index (χ3n) is 1.93. The van der Waals surface area contributed by atoms with E-state index in [9.17, 15) is 9.90 Å². The Kier molecular flexibility index (Phi) is 5.04. The second kappa shape index (κ2) is 6.07. The monoisotopic (exact) mass is 320 g/mol. The van der Waals surface area contributed by atoms with Crippen molar-refractivity contribution >= 4 is 28.6 Å². The van der Waals surface area contributed by atoms with E-state index in [1.165, 1.54) is 0 Å². The summed E-state index contributed by atoms with van der Waals surface area (Å²) >= 11 is 2.13. The molecule has 0 saturated heterocycles. The second-order valence-corrected chi connectivity index (χ2v) is 4.21. The molecule has 0 heterocycles. The first-order valence-corrected chi connectivity index (χ1v) is 5.81. The van der Waals surface area contributed by atoms with Crippen molar-refractivity contribution in [1.82, 2.24) is 0 Å². The summed E-state index contributed by atoms with van der Waals surface area (Å²) in [7, 11) is 0. The van der Waals surface area contributed by atoms with Crippen LogP contribution in [0.4, 0.5) is 0 Å². The number of esters is 1. The highest BCUT2D eigenvalue weighted by molar-refractivity contribution is 14.1. The van der Waals surface area contributed by atoms with Crippen molar-refractivity contribution in [1.29, 1.82) is 0 Å². The fraction of sp³-hybridized carbons (Fsp3) is 0.364. The van der Waals surface area contributed by atoms with Gasteiger partial charge in [-0.1, -0.05) is 18.2 Å². The number of aliphatic hydroxyl groups is 1. The van der Waals surface area contributed by atoms with Gasteiger partial charge in [0, 0.05) is 3.57 Å². The number of aliphatic hydroxyl groups excluding tert-OH is 1. The SMILES string of the molecule is CCOC(=O)C[C@@H](O)c1ccccc1I. The van der Waals surface area contributed by atoms with Crippen molar-refractivity contribution in [3.8, 4) is 0 Å². The first-order chi connectivity index (χ1) is 7.15. The van der Waals surface area contributed by atoms with Gasteiger partial charge in [-0.2, -0.15) is 0 Å². The molecule has 3 nitrogen and oxygen atoms in total. The molecule has 0 amide bonds. The van der Waals surface area contributed by atoms with Crippen LogP contribution in [0.3, 0.4) is 0 Å². The standard InChI is InChI=1S/C11H13IO3/c1-2-15-11(14)7-10(13)8-5-3-4-6-9(8)12/h3-6,10,13H,2,7H2,1H3/t10-/m1/s1. The summed E-state index contributed by atoms with van der Waals surface area (Å²) in [4.78, 5) is 11.2. The van der Waals surface area contributed by atoms with Crippen LogP contribution in [0.25, 0.3) is 0 Å². The Balaban J connectivity index is 2.65. The maximum absolute atomic E-state index is 11.2. The number of hydrogen-bond acceptors (Lipinski definition) is 3. The number of carbonyl (C=O) groups excluding carboxylic acids is 1. The number of ether oxygens (including phenoxy) is 1. The number of carbonyl (C=O) groups is 1. The lowest BCUT2D eigenvalue weighted by Crippen LogP contribution is -2.10. The summed E-state index contributed by atoms with van der Waals surface area (Å²) in [6.45, 7) is 2.09. The van der Waals surface area contributed by atoms with Crippen LogP contribution >= 0.6 is 22.6 Å². The fourth-order valence-electron chi connectivity index (χ4n) is 1.23. The largest absolute Gasteiger partial charge is 0.466 e. The molecule has 0 aromatic heterocycles. The van der Waals surface area contributed by atoms with Gasteiger partial charge >= 0.3 is 5.97 Å². The quantitative estimate of drug-likeness (QED) is 0.684. The Bertz CT molecular complexity index is 338. The fourth-order valence-corrected chi connectivity index (χ4v) is 1.98. The van der Waals surface area contributed by atoms with Gasteiger partial charge in [0.1, 0.15) is 0 Å². The smallest absolute Gasteiger partial charge is 0.308 e. The minimum Gasteiger partial charge on any atom is -0.466 e. The molecule has 0 aliphatic carbocycles. The van der Waals surface area contributed by atoms with Gasteiger partial charge in [0.05, 0.1) is 19.1 Å². The molecule has 0 aliphatic rings. The van der Waals surface area contributed by atoms with Crippen molar-refractivity contribution in [2.45, 2.75) is 19.4 Å². The molecule has 0 spiro atoms. The molecule has 0 aliphatic heterocycles. The zero-order valence-electron chi connectivity index (χ0n) is 8.44. The van der Waals surface area contributed by atoms with E-state index in [1.807, 2.05) is 24.3 Å². The van der Waals surface area contributed by atoms with Crippen LogP contribution in [-0.4, -0.2) is 17.7 Å². The minimum absolute atomic E-state index is 0.00779. The van der Waals surface area contributed by atoms with Crippen molar-refractivity contribution in [2.24, 2.45) is 0 Å². The van der Waals surface area contributed by atoms with Crippen LogP contribution in [0.1, 0.15) is 25.0 Å². The van der Waals surface area contributed by atoms with Gasteiger partial charge in [-0.3, -0.25) is 4.79 Å². The first kappa shape index (κ1) is 12.4. The molecule has 0 fully saturated rings. The third-order valence-corrected chi connectivity index (χ3v) is 2.91. The molecule has 1 N–H and O–H groups in total. The van der Waals surface area contributed by atoms with Gasteiger partial charge < -0.3 is 9.84 Å². The van der Waals surface area contributed by atoms with Gasteiger partial charge in [-0.25, -0.2) is 0 Å². The van der Waals surface area contributed by atoms with Crippen LogP contribution in [0.5, 0.6) is 0 Å². The average molecular weight is 320 g/mol. The molecule has 0 bridgehead atoms. The van der Waals surface area contributed by atoms with E-state index in [2.05, 4.69) is 22.6 Å². The normalized spacial score (nSPS) is 12.2. The van der Waals surface area contributed by atoms with Gasteiger partial charge in [0.15, 0.2) is 0 Å². The summed E-state index contributed by atoms with van der Waals surface area (Å²) in [5.41, 5.74) is 0.770. The van der Waals surface area contributed by atoms with E-state index >= 15 is 0 Å². The number of rotatable bonds is 4. The van der Waals surface area contributed by atoms with Gasteiger partial charge in [-0.05, 0) is 41.1 Å². The molecule has 1 rings (SSSR count). The molecule has 1 aromatic rings. The maximum atomic E-state index is 11.2. The van der Waals surface area contributed by atoms with E-state index in [1.54, 1.807) is 6.92 Å². The molecular weight excluding hydrogens is 307 g/mol. The van der Waals surface area contributed by atoms with Crippen molar-refractivity contribution in [2.75, 3.05) is 6.61 Å². The lowest BCUT2D eigenvalue weighted by molar-refractivity contribution is -0.145. The molecule has 15 heavy (non-hydrogen) atoms. The first-order valence-electron chi connectivity index (χ1n) is 4.73. The zero-order chi connectivity index (χ0) is 11.3. The Morgan fingerprint density at radius 2 is 2.20 bits per heavy atom. The summed E-state index contributed by atoms with van der Waals surface area (Å²) in [5, 5.41) is 9.79. The van der Waals surface area contributed by atoms with Crippen LogP contribution in [-0.2, 0) is 9.53 Å². The van der Waals surface area contributed by atoms with Gasteiger partial charge in [0.2, 0.25) is 0 Å². The van der Waals surface area contributed by atoms with E-state index in [0.717, 1.165) is 9.13 Å². The number of hydrogen-bond donors (Lipinski definition) is 1. The zero-order valence-corrected chi connectivity index (χ0v) is 10.6. The van der Waals surface area contributed by atoms with E-state index in [0.29, 0.717) is 6.61 Å². The molecular formula is C11H13IO3. The predicted molar refractivity (Wildman–Crippen MR) is 65.4 cm³/mol. The highest BCUT2D eigenvalue weighted by atomic mass is 127. The molecule has 0 radical (unpaired) electrons. The summed E-state index contributed by atoms with van der Waals surface area (Å²) in [6.07, 6.45) is -0.773. The minimum atomic E-state index is -0.780.